The van der Waals surface area contributed by atoms with E-state index in [1.807, 2.05) is 12.1 Å². The Morgan fingerprint density at radius 1 is 1.25 bits per heavy atom. The zero-order chi connectivity index (χ0) is 11.4. The smallest absolute Gasteiger partial charge is 0.115 e. The number of phenols is 1. The normalized spacial score (nSPS) is 24.8. The van der Waals surface area contributed by atoms with Gasteiger partial charge in [0.15, 0.2) is 0 Å². The van der Waals surface area contributed by atoms with E-state index in [-0.39, 0.29) is 0 Å². The topological polar surface area (TPSA) is 32.3 Å². The predicted octanol–water partition coefficient (Wildman–Crippen LogP) is 2.71. The molecule has 1 aliphatic carbocycles. The minimum absolute atomic E-state index is 0.360. The minimum atomic E-state index is 0.360. The second kappa shape index (κ2) is 5.35. The largest absolute Gasteiger partial charge is 0.508 e. The van der Waals surface area contributed by atoms with Crippen molar-refractivity contribution in [1.29, 1.82) is 0 Å². The highest BCUT2D eigenvalue weighted by Gasteiger charge is 2.26. The van der Waals surface area contributed by atoms with Crippen LogP contribution in [0.15, 0.2) is 24.3 Å². The molecule has 1 aliphatic rings. The Kier molecular flexibility index (Phi) is 3.83. The summed E-state index contributed by atoms with van der Waals surface area (Å²) in [6, 6.07) is 8.34. The Labute approximate surface area is 97.7 Å². The second-order valence-electron chi connectivity index (χ2n) is 4.73. The second-order valence-corrected chi connectivity index (χ2v) is 4.73. The summed E-state index contributed by atoms with van der Waals surface area (Å²) in [6.07, 6.45) is 5.13. The number of aromatic hydroxyl groups is 1. The fourth-order valence-corrected chi connectivity index (χ4v) is 2.75. The maximum atomic E-state index is 9.24. The van der Waals surface area contributed by atoms with E-state index in [0.29, 0.717) is 11.8 Å². The first-order valence-electron chi connectivity index (χ1n) is 6.31. The molecular weight excluding hydrogens is 198 g/mol. The lowest BCUT2D eigenvalue weighted by Crippen LogP contribution is -2.33. The van der Waals surface area contributed by atoms with Crippen molar-refractivity contribution < 1.29 is 5.11 Å². The Balaban J connectivity index is 1.95. The molecule has 2 unspecified atom stereocenters. The fourth-order valence-electron chi connectivity index (χ4n) is 2.75. The molecule has 0 spiro atoms. The lowest BCUT2D eigenvalue weighted by molar-refractivity contribution is 0.406. The molecular formula is C14H21NO. The molecule has 0 bridgehead atoms. The standard InChI is InChI=1S/C14H21NO/c1-2-15-14-5-3-4-12(14)10-11-6-8-13(16)9-7-11/h6-9,12,14-16H,2-5,10H2,1H3. The first-order valence-corrected chi connectivity index (χ1v) is 6.31. The average Bonchev–Trinajstić information content (AvgIpc) is 2.70. The summed E-state index contributed by atoms with van der Waals surface area (Å²) in [5.41, 5.74) is 1.34. The van der Waals surface area contributed by atoms with Gasteiger partial charge in [0.05, 0.1) is 0 Å². The van der Waals surface area contributed by atoms with Crippen molar-refractivity contribution in [3.8, 4) is 5.75 Å². The van der Waals surface area contributed by atoms with Crippen LogP contribution in [0.5, 0.6) is 5.75 Å². The summed E-state index contributed by atoms with van der Waals surface area (Å²) >= 11 is 0. The summed E-state index contributed by atoms with van der Waals surface area (Å²) in [7, 11) is 0. The highest BCUT2D eigenvalue weighted by molar-refractivity contribution is 5.26. The van der Waals surface area contributed by atoms with Crippen LogP contribution >= 0.6 is 0 Å². The highest BCUT2D eigenvalue weighted by Crippen LogP contribution is 2.29. The SMILES string of the molecule is CCNC1CCCC1Cc1ccc(O)cc1. The van der Waals surface area contributed by atoms with E-state index in [1.54, 1.807) is 12.1 Å². The molecule has 0 aromatic heterocycles. The van der Waals surface area contributed by atoms with Crippen LogP contribution in [0.3, 0.4) is 0 Å². The predicted molar refractivity (Wildman–Crippen MR) is 66.6 cm³/mol. The van der Waals surface area contributed by atoms with E-state index in [4.69, 9.17) is 0 Å². The van der Waals surface area contributed by atoms with E-state index in [2.05, 4.69) is 12.2 Å². The van der Waals surface area contributed by atoms with Gasteiger partial charge >= 0.3 is 0 Å². The van der Waals surface area contributed by atoms with Crippen molar-refractivity contribution in [1.82, 2.24) is 5.32 Å². The van der Waals surface area contributed by atoms with Gasteiger partial charge < -0.3 is 10.4 Å². The quantitative estimate of drug-likeness (QED) is 0.816. The van der Waals surface area contributed by atoms with E-state index in [9.17, 15) is 5.11 Å². The summed E-state index contributed by atoms with van der Waals surface area (Å²) in [5.74, 6) is 1.13. The fraction of sp³-hybridized carbons (Fsp3) is 0.571. The maximum Gasteiger partial charge on any atom is 0.115 e. The van der Waals surface area contributed by atoms with Crippen molar-refractivity contribution >= 4 is 0 Å². The summed E-state index contributed by atoms with van der Waals surface area (Å²) in [6.45, 7) is 3.24. The molecule has 2 heteroatoms. The van der Waals surface area contributed by atoms with Crippen LogP contribution in [0.4, 0.5) is 0 Å². The van der Waals surface area contributed by atoms with Gasteiger partial charge in [-0.05, 0) is 49.4 Å². The number of hydrogen-bond donors (Lipinski definition) is 2. The molecule has 1 saturated carbocycles. The van der Waals surface area contributed by atoms with Crippen LogP contribution in [0.1, 0.15) is 31.7 Å². The Morgan fingerprint density at radius 3 is 2.69 bits per heavy atom. The van der Waals surface area contributed by atoms with Crippen LogP contribution in [-0.2, 0) is 6.42 Å². The molecule has 0 saturated heterocycles. The Morgan fingerprint density at radius 2 is 2.00 bits per heavy atom. The van der Waals surface area contributed by atoms with Gasteiger partial charge in [0.1, 0.15) is 5.75 Å². The molecule has 0 amide bonds. The third kappa shape index (κ3) is 2.76. The van der Waals surface area contributed by atoms with Gasteiger partial charge in [0.2, 0.25) is 0 Å². The number of rotatable bonds is 4. The van der Waals surface area contributed by atoms with Gasteiger partial charge in [0.25, 0.3) is 0 Å². The molecule has 2 atom stereocenters. The lowest BCUT2D eigenvalue weighted by Gasteiger charge is -2.20. The van der Waals surface area contributed by atoms with Crippen LogP contribution in [-0.4, -0.2) is 17.7 Å². The van der Waals surface area contributed by atoms with E-state index >= 15 is 0 Å². The number of benzene rings is 1. The number of hydrogen-bond acceptors (Lipinski definition) is 2. The first-order chi connectivity index (χ1) is 7.79. The minimum Gasteiger partial charge on any atom is -0.508 e. The van der Waals surface area contributed by atoms with Gasteiger partial charge in [-0.25, -0.2) is 0 Å². The van der Waals surface area contributed by atoms with Crippen molar-refractivity contribution in [3.05, 3.63) is 29.8 Å². The molecule has 2 nitrogen and oxygen atoms in total. The zero-order valence-electron chi connectivity index (χ0n) is 9.95. The van der Waals surface area contributed by atoms with Crippen LogP contribution < -0.4 is 5.32 Å². The molecule has 2 rings (SSSR count). The summed E-state index contributed by atoms with van der Waals surface area (Å²) in [5, 5.41) is 12.8. The van der Waals surface area contributed by atoms with Crippen LogP contribution in [0.25, 0.3) is 0 Å². The van der Waals surface area contributed by atoms with Gasteiger partial charge in [-0.2, -0.15) is 0 Å². The molecule has 0 aliphatic heterocycles. The summed E-state index contributed by atoms with van der Waals surface area (Å²) < 4.78 is 0. The molecule has 2 N–H and O–H groups in total. The highest BCUT2D eigenvalue weighted by atomic mass is 16.3. The Bertz CT molecular complexity index is 320. The average molecular weight is 219 g/mol. The lowest BCUT2D eigenvalue weighted by atomic mass is 9.94. The molecule has 88 valence electrons. The van der Waals surface area contributed by atoms with Crippen LogP contribution in [0, 0.1) is 5.92 Å². The van der Waals surface area contributed by atoms with Gasteiger partial charge in [-0.3, -0.25) is 0 Å². The van der Waals surface area contributed by atoms with Crippen molar-refractivity contribution in [2.75, 3.05) is 6.54 Å². The van der Waals surface area contributed by atoms with Gasteiger partial charge in [-0.1, -0.05) is 25.5 Å². The third-order valence-electron chi connectivity index (χ3n) is 3.56. The van der Waals surface area contributed by atoms with E-state index in [0.717, 1.165) is 18.9 Å². The number of nitrogens with one attached hydrogen (secondary N) is 1. The van der Waals surface area contributed by atoms with Crippen LogP contribution in [0.2, 0.25) is 0 Å². The van der Waals surface area contributed by atoms with Gasteiger partial charge in [-0.15, -0.1) is 0 Å². The number of phenolic OH excluding ortho intramolecular Hbond substituents is 1. The molecule has 0 heterocycles. The monoisotopic (exact) mass is 219 g/mol. The molecule has 0 radical (unpaired) electrons. The van der Waals surface area contributed by atoms with E-state index in [1.165, 1.54) is 24.8 Å². The maximum absolute atomic E-state index is 9.24. The zero-order valence-corrected chi connectivity index (χ0v) is 9.95. The van der Waals surface area contributed by atoms with Crippen molar-refractivity contribution in [2.45, 2.75) is 38.6 Å². The molecule has 16 heavy (non-hydrogen) atoms. The molecule has 1 aromatic rings. The van der Waals surface area contributed by atoms with Crippen molar-refractivity contribution in [2.24, 2.45) is 5.92 Å². The molecule has 1 aromatic carbocycles. The summed E-state index contributed by atoms with van der Waals surface area (Å²) in [4.78, 5) is 0. The molecule has 1 fully saturated rings. The first kappa shape index (κ1) is 11.5. The van der Waals surface area contributed by atoms with Gasteiger partial charge in [0, 0.05) is 6.04 Å². The van der Waals surface area contributed by atoms with E-state index < -0.39 is 0 Å². The Hall–Kier alpha value is -1.02. The van der Waals surface area contributed by atoms with Crippen molar-refractivity contribution in [3.63, 3.8) is 0 Å². The third-order valence-corrected chi connectivity index (χ3v) is 3.56.